The minimum Gasteiger partial charge on any atom is -0.265 e. The number of aromatic nitrogens is 1. The van der Waals surface area contributed by atoms with Crippen LogP contribution in [0.15, 0.2) is 57.0 Å². The van der Waals surface area contributed by atoms with Gasteiger partial charge in [-0.1, -0.05) is 27.7 Å². The average molecular weight is 291 g/mol. The monoisotopic (exact) mass is 290 g/mol. The van der Waals surface area contributed by atoms with Crippen LogP contribution >= 0.6 is 27.7 Å². The summed E-state index contributed by atoms with van der Waals surface area (Å²) in [5.41, 5.74) is 0.685. The Labute approximate surface area is 106 Å². The van der Waals surface area contributed by atoms with Crippen molar-refractivity contribution in [3.05, 3.63) is 52.8 Å². The van der Waals surface area contributed by atoms with Gasteiger partial charge >= 0.3 is 0 Å². The van der Waals surface area contributed by atoms with Crippen LogP contribution in [0.1, 0.15) is 5.56 Å². The third kappa shape index (κ3) is 2.63. The molecule has 0 fully saturated rings. The van der Waals surface area contributed by atoms with Crippen LogP contribution in [0.5, 0.6) is 0 Å². The highest BCUT2D eigenvalue weighted by Crippen LogP contribution is 2.31. The van der Waals surface area contributed by atoms with E-state index in [1.165, 1.54) is 0 Å². The zero-order chi connectivity index (χ0) is 11.4. The number of hydrogen-bond acceptors (Lipinski definition) is 3. The van der Waals surface area contributed by atoms with Gasteiger partial charge in [0.15, 0.2) is 0 Å². The predicted molar refractivity (Wildman–Crippen MR) is 67.2 cm³/mol. The Morgan fingerprint density at radius 1 is 1.19 bits per heavy atom. The van der Waals surface area contributed by atoms with Crippen molar-refractivity contribution < 1.29 is 0 Å². The summed E-state index contributed by atoms with van der Waals surface area (Å²) in [6.07, 6.45) is 3.48. The molecule has 16 heavy (non-hydrogen) atoms. The molecule has 1 heterocycles. The number of benzene rings is 1. The van der Waals surface area contributed by atoms with Crippen molar-refractivity contribution in [3.8, 4) is 6.07 Å². The third-order valence-corrected chi connectivity index (χ3v) is 3.50. The SMILES string of the molecule is N#Cc1ccc(Br)cc1Sc1ccncc1. The van der Waals surface area contributed by atoms with Crippen LogP contribution in [0.25, 0.3) is 0 Å². The van der Waals surface area contributed by atoms with Crippen LogP contribution < -0.4 is 0 Å². The zero-order valence-corrected chi connectivity index (χ0v) is 10.6. The van der Waals surface area contributed by atoms with Crippen LogP contribution in [-0.2, 0) is 0 Å². The molecule has 0 amide bonds. The lowest BCUT2D eigenvalue weighted by Crippen LogP contribution is -1.81. The quantitative estimate of drug-likeness (QED) is 0.842. The van der Waals surface area contributed by atoms with Gasteiger partial charge in [-0.3, -0.25) is 4.98 Å². The fraction of sp³-hybridized carbons (Fsp3) is 0. The smallest absolute Gasteiger partial charge is 0.100 e. The van der Waals surface area contributed by atoms with Crippen molar-refractivity contribution in [1.82, 2.24) is 4.98 Å². The average Bonchev–Trinajstić information content (AvgIpc) is 2.31. The Balaban J connectivity index is 2.35. The number of pyridine rings is 1. The minimum absolute atomic E-state index is 0.685. The highest BCUT2D eigenvalue weighted by atomic mass is 79.9. The highest BCUT2D eigenvalue weighted by molar-refractivity contribution is 9.10. The van der Waals surface area contributed by atoms with Crippen molar-refractivity contribution in [3.63, 3.8) is 0 Å². The molecule has 0 saturated heterocycles. The number of hydrogen-bond donors (Lipinski definition) is 0. The van der Waals surface area contributed by atoms with Crippen molar-refractivity contribution in [1.29, 1.82) is 5.26 Å². The molecule has 1 aromatic carbocycles. The van der Waals surface area contributed by atoms with Crippen molar-refractivity contribution in [2.24, 2.45) is 0 Å². The minimum atomic E-state index is 0.685. The second kappa shape index (κ2) is 5.15. The van der Waals surface area contributed by atoms with Gasteiger partial charge in [0.1, 0.15) is 6.07 Å². The topological polar surface area (TPSA) is 36.7 Å². The number of halogens is 1. The number of rotatable bonds is 2. The molecule has 0 N–H and O–H groups in total. The lowest BCUT2D eigenvalue weighted by molar-refractivity contribution is 1.25. The van der Waals surface area contributed by atoms with Crippen LogP contribution in [0.2, 0.25) is 0 Å². The van der Waals surface area contributed by atoms with Crippen molar-refractivity contribution in [2.75, 3.05) is 0 Å². The summed E-state index contributed by atoms with van der Waals surface area (Å²) in [7, 11) is 0. The normalized spacial score (nSPS) is 9.75. The summed E-state index contributed by atoms with van der Waals surface area (Å²) < 4.78 is 0.975. The van der Waals surface area contributed by atoms with Gasteiger partial charge in [-0.05, 0) is 30.3 Å². The van der Waals surface area contributed by atoms with Gasteiger partial charge in [0, 0.05) is 26.7 Å². The summed E-state index contributed by atoms with van der Waals surface area (Å²) in [6, 6.07) is 11.7. The van der Waals surface area contributed by atoms with Gasteiger partial charge in [-0.25, -0.2) is 0 Å². The molecule has 0 aliphatic heterocycles. The van der Waals surface area contributed by atoms with Gasteiger partial charge < -0.3 is 0 Å². The van der Waals surface area contributed by atoms with Crippen LogP contribution in [0, 0.1) is 11.3 Å². The Morgan fingerprint density at radius 3 is 2.62 bits per heavy atom. The first-order valence-corrected chi connectivity index (χ1v) is 6.18. The first-order valence-electron chi connectivity index (χ1n) is 4.57. The largest absolute Gasteiger partial charge is 0.265 e. The standard InChI is InChI=1S/C12H7BrN2S/c13-10-2-1-9(8-14)12(7-10)16-11-3-5-15-6-4-11/h1-7H. The number of nitrogens with zero attached hydrogens (tertiary/aromatic N) is 2. The highest BCUT2D eigenvalue weighted by Gasteiger charge is 2.04. The lowest BCUT2D eigenvalue weighted by Gasteiger charge is -2.03. The van der Waals surface area contributed by atoms with Crippen LogP contribution in [-0.4, -0.2) is 4.98 Å². The van der Waals surface area contributed by atoms with Gasteiger partial charge in [-0.2, -0.15) is 5.26 Å². The van der Waals surface area contributed by atoms with E-state index in [9.17, 15) is 0 Å². The molecule has 2 aromatic rings. The summed E-state index contributed by atoms with van der Waals surface area (Å²) in [5, 5.41) is 9.00. The first-order chi connectivity index (χ1) is 7.79. The summed E-state index contributed by atoms with van der Waals surface area (Å²) >= 11 is 4.96. The molecule has 0 atom stereocenters. The van der Waals surface area contributed by atoms with E-state index in [4.69, 9.17) is 5.26 Å². The predicted octanol–water partition coefficient (Wildman–Crippen LogP) is 3.87. The Morgan fingerprint density at radius 2 is 1.94 bits per heavy atom. The second-order valence-corrected chi connectivity index (χ2v) is 5.07. The molecule has 78 valence electrons. The Kier molecular flexibility index (Phi) is 3.60. The lowest BCUT2D eigenvalue weighted by atomic mass is 10.2. The Hall–Kier alpha value is -1.31. The van der Waals surface area contributed by atoms with Crippen molar-refractivity contribution >= 4 is 27.7 Å². The van der Waals surface area contributed by atoms with E-state index in [0.717, 1.165) is 14.3 Å². The molecule has 0 bridgehead atoms. The molecule has 4 heteroatoms. The summed E-state index contributed by atoms with van der Waals surface area (Å²) in [5.74, 6) is 0. The van der Waals surface area contributed by atoms with Crippen molar-refractivity contribution in [2.45, 2.75) is 9.79 Å². The molecule has 0 spiro atoms. The zero-order valence-electron chi connectivity index (χ0n) is 8.22. The van der Waals surface area contributed by atoms with E-state index in [-0.39, 0.29) is 0 Å². The maximum Gasteiger partial charge on any atom is 0.100 e. The Bertz CT molecular complexity index is 534. The molecular weight excluding hydrogens is 284 g/mol. The number of nitriles is 1. The molecule has 0 aliphatic carbocycles. The second-order valence-electron chi connectivity index (χ2n) is 3.04. The van der Waals surface area contributed by atoms with Gasteiger partial charge in [-0.15, -0.1) is 0 Å². The van der Waals surface area contributed by atoms with E-state index in [2.05, 4.69) is 27.0 Å². The van der Waals surface area contributed by atoms with Gasteiger partial charge in [0.25, 0.3) is 0 Å². The maximum absolute atomic E-state index is 9.00. The molecule has 0 unspecified atom stereocenters. The molecule has 0 aliphatic rings. The van der Waals surface area contributed by atoms with E-state index < -0.39 is 0 Å². The van der Waals surface area contributed by atoms with Crippen LogP contribution in [0.4, 0.5) is 0 Å². The molecule has 1 aromatic heterocycles. The third-order valence-electron chi connectivity index (χ3n) is 1.94. The van der Waals surface area contributed by atoms with E-state index in [1.807, 2.05) is 30.3 Å². The fourth-order valence-electron chi connectivity index (χ4n) is 1.21. The summed E-state index contributed by atoms with van der Waals surface area (Å²) in [6.45, 7) is 0. The molecular formula is C12H7BrN2S. The molecule has 2 nitrogen and oxygen atoms in total. The molecule has 0 saturated carbocycles. The molecule has 2 rings (SSSR count). The first kappa shape index (κ1) is 11.2. The molecule has 0 radical (unpaired) electrons. The van der Waals surface area contributed by atoms with E-state index in [0.29, 0.717) is 5.56 Å². The fourth-order valence-corrected chi connectivity index (χ4v) is 2.64. The van der Waals surface area contributed by atoms with Gasteiger partial charge in [0.2, 0.25) is 0 Å². The maximum atomic E-state index is 9.00. The van der Waals surface area contributed by atoms with E-state index >= 15 is 0 Å². The van der Waals surface area contributed by atoms with E-state index in [1.54, 1.807) is 24.2 Å². The van der Waals surface area contributed by atoms with Gasteiger partial charge in [0.05, 0.1) is 5.56 Å². The summed E-state index contributed by atoms with van der Waals surface area (Å²) in [4.78, 5) is 5.98. The van der Waals surface area contributed by atoms with Crippen LogP contribution in [0.3, 0.4) is 0 Å².